The Morgan fingerprint density at radius 2 is 1.74 bits per heavy atom. The minimum Gasteiger partial charge on any atom is -0.410 e. The first-order valence-corrected chi connectivity index (χ1v) is 9.49. The Morgan fingerprint density at radius 3 is 2.35 bits per heavy atom. The average Bonchev–Trinajstić information content (AvgIpc) is 2.96. The standard InChI is InChI=1S/C17H17N3OS2/c1-20-7-6-11-8-12(4-5-14(11)20)17(19-21)13-9-15(22-2)18-16(10-13)23-3/h4-10,21H,1-3H3. The van der Waals surface area contributed by atoms with E-state index in [0.717, 1.165) is 32.1 Å². The van der Waals surface area contributed by atoms with Crippen molar-refractivity contribution in [1.82, 2.24) is 9.55 Å². The zero-order chi connectivity index (χ0) is 16.4. The average molecular weight is 343 g/mol. The quantitative estimate of drug-likeness (QED) is 0.333. The number of aromatic nitrogens is 2. The van der Waals surface area contributed by atoms with Crippen molar-refractivity contribution < 1.29 is 5.21 Å². The van der Waals surface area contributed by atoms with Gasteiger partial charge in [-0.05, 0) is 42.8 Å². The van der Waals surface area contributed by atoms with Crippen LogP contribution in [0.15, 0.2) is 57.8 Å². The molecule has 0 spiro atoms. The first kappa shape index (κ1) is 16.0. The number of fused-ring (bicyclic) bond motifs is 1. The largest absolute Gasteiger partial charge is 0.410 e. The van der Waals surface area contributed by atoms with Gasteiger partial charge >= 0.3 is 0 Å². The molecule has 0 saturated carbocycles. The van der Waals surface area contributed by atoms with Crippen LogP contribution in [0.3, 0.4) is 0 Å². The Balaban J connectivity index is 2.11. The highest BCUT2D eigenvalue weighted by Gasteiger charge is 2.12. The number of pyridine rings is 1. The third kappa shape index (κ3) is 3.09. The molecular weight excluding hydrogens is 326 g/mol. The van der Waals surface area contributed by atoms with E-state index in [9.17, 15) is 5.21 Å². The lowest BCUT2D eigenvalue weighted by atomic mass is 10.0. The molecule has 0 fully saturated rings. The third-order valence-electron chi connectivity index (χ3n) is 3.73. The lowest BCUT2D eigenvalue weighted by Gasteiger charge is -2.09. The molecule has 2 heterocycles. The van der Waals surface area contributed by atoms with Crippen molar-refractivity contribution in [2.45, 2.75) is 10.1 Å². The highest BCUT2D eigenvalue weighted by atomic mass is 32.2. The Morgan fingerprint density at radius 1 is 1.04 bits per heavy atom. The molecule has 4 nitrogen and oxygen atoms in total. The number of hydrogen-bond acceptors (Lipinski definition) is 5. The maximum absolute atomic E-state index is 9.59. The van der Waals surface area contributed by atoms with E-state index < -0.39 is 0 Å². The maximum atomic E-state index is 9.59. The van der Waals surface area contributed by atoms with E-state index in [4.69, 9.17) is 0 Å². The van der Waals surface area contributed by atoms with Crippen molar-refractivity contribution in [1.29, 1.82) is 0 Å². The summed E-state index contributed by atoms with van der Waals surface area (Å²) in [5, 5.41) is 16.1. The number of aryl methyl sites for hydroxylation is 1. The van der Waals surface area contributed by atoms with Gasteiger partial charge < -0.3 is 9.77 Å². The first-order chi connectivity index (χ1) is 11.2. The number of hydrogen-bond donors (Lipinski definition) is 1. The van der Waals surface area contributed by atoms with E-state index in [2.05, 4.69) is 20.8 Å². The Labute approximate surface area is 143 Å². The van der Waals surface area contributed by atoms with Gasteiger partial charge in [-0.25, -0.2) is 4.98 Å². The maximum Gasteiger partial charge on any atom is 0.117 e. The summed E-state index contributed by atoms with van der Waals surface area (Å²) in [6.45, 7) is 0. The van der Waals surface area contributed by atoms with Crippen LogP contribution in [0.5, 0.6) is 0 Å². The molecule has 3 aromatic rings. The van der Waals surface area contributed by atoms with Gasteiger partial charge in [0.25, 0.3) is 0 Å². The molecule has 1 aromatic carbocycles. The van der Waals surface area contributed by atoms with E-state index in [1.807, 2.05) is 56.1 Å². The van der Waals surface area contributed by atoms with Gasteiger partial charge in [0.2, 0.25) is 0 Å². The monoisotopic (exact) mass is 343 g/mol. The molecule has 0 aliphatic carbocycles. The van der Waals surface area contributed by atoms with Gasteiger partial charge in [-0.3, -0.25) is 0 Å². The molecule has 0 aliphatic heterocycles. The third-order valence-corrected chi connectivity index (χ3v) is 4.98. The smallest absolute Gasteiger partial charge is 0.117 e. The topological polar surface area (TPSA) is 50.4 Å². The lowest BCUT2D eigenvalue weighted by molar-refractivity contribution is 0.319. The molecule has 0 bridgehead atoms. The molecule has 1 N–H and O–H groups in total. The fraction of sp³-hybridized carbons (Fsp3) is 0.176. The summed E-state index contributed by atoms with van der Waals surface area (Å²) in [4.78, 5) is 4.52. The molecule has 0 unspecified atom stereocenters. The van der Waals surface area contributed by atoms with Gasteiger partial charge in [0.05, 0.1) is 10.1 Å². The van der Waals surface area contributed by atoms with E-state index in [1.54, 1.807) is 23.5 Å². The van der Waals surface area contributed by atoms with Crippen LogP contribution in [-0.2, 0) is 7.05 Å². The predicted octanol–water partition coefficient (Wildman–Crippen LogP) is 4.24. The predicted molar refractivity (Wildman–Crippen MR) is 98.1 cm³/mol. The van der Waals surface area contributed by atoms with Crippen molar-refractivity contribution in [2.75, 3.05) is 12.5 Å². The number of rotatable bonds is 4. The van der Waals surface area contributed by atoms with Crippen molar-refractivity contribution in [3.8, 4) is 0 Å². The van der Waals surface area contributed by atoms with Crippen molar-refractivity contribution in [3.63, 3.8) is 0 Å². The van der Waals surface area contributed by atoms with Crippen molar-refractivity contribution >= 4 is 40.1 Å². The van der Waals surface area contributed by atoms with Crippen LogP contribution in [0.4, 0.5) is 0 Å². The van der Waals surface area contributed by atoms with Gasteiger partial charge in [-0.1, -0.05) is 11.2 Å². The molecular formula is C17H17N3OS2. The highest BCUT2D eigenvalue weighted by molar-refractivity contribution is 7.99. The summed E-state index contributed by atoms with van der Waals surface area (Å²) in [7, 11) is 2.02. The molecule has 3 rings (SSSR count). The van der Waals surface area contributed by atoms with E-state index in [1.165, 1.54) is 0 Å². The minimum absolute atomic E-state index is 0.559. The Kier molecular flexibility index (Phi) is 4.63. The molecule has 0 atom stereocenters. The van der Waals surface area contributed by atoms with Gasteiger partial charge in [-0.15, -0.1) is 23.5 Å². The van der Waals surface area contributed by atoms with Crippen LogP contribution in [0.1, 0.15) is 11.1 Å². The van der Waals surface area contributed by atoms with Gasteiger partial charge in [0.1, 0.15) is 5.71 Å². The Hall–Kier alpha value is -1.92. The van der Waals surface area contributed by atoms with E-state index >= 15 is 0 Å². The summed E-state index contributed by atoms with van der Waals surface area (Å²) < 4.78 is 2.07. The summed E-state index contributed by atoms with van der Waals surface area (Å²) in [5.41, 5.74) is 3.46. The van der Waals surface area contributed by atoms with Crippen LogP contribution < -0.4 is 0 Å². The second kappa shape index (κ2) is 6.68. The molecule has 6 heteroatoms. The van der Waals surface area contributed by atoms with Gasteiger partial charge in [0.15, 0.2) is 0 Å². The van der Waals surface area contributed by atoms with Gasteiger partial charge in [-0.2, -0.15) is 0 Å². The van der Waals surface area contributed by atoms with Crippen LogP contribution >= 0.6 is 23.5 Å². The lowest BCUT2D eigenvalue weighted by Crippen LogP contribution is -2.05. The second-order valence-electron chi connectivity index (χ2n) is 5.09. The van der Waals surface area contributed by atoms with Crippen LogP contribution in [-0.4, -0.2) is 33.0 Å². The molecule has 118 valence electrons. The van der Waals surface area contributed by atoms with Crippen LogP contribution in [0, 0.1) is 0 Å². The van der Waals surface area contributed by atoms with Crippen LogP contribution in [0.2, 0.25) is 0 Å². The zero-order valence-electron chi connectivity index (χ0n) is 13.1. The zero-order valence-corrected chi connectivity index (χ0v) is 14.8. The number of nitrogens with zero attached hydrogens (tertiary/aromatic N) is 3. The van der Waals surface area contributed by atoms with Crippen molar-refractivity contribution in [3.05, 3.63) is 53.7 Å². The number of oxime groups is 1. The molecule has 0 amide bonds. The second-order valence-corrected chi connectivity index (χ2v) is 6.74. The fourth-order valence-corrected chi connectivity index (χ4v) is 3.46. The van der Waals surface area contributed by atoms with E-state index in [0.29, 0.717) is 5.71 Å². The minimum atomic E-state index is 0.559. The summed E-state index contributed by atoms with van der Waals surface area (Å²) in [5.74, 6) is 0. The summed E-state index contributed by atoms with van der Waals surface area (Å²) >= 11 is 3.15. The highest BCUT2D eigenvalue weighted by Crippen LogP contribution is 2.24. The SMILES string of the molecule is CSc1cc(C(=NO)c2ccc3c(ccn3C)c2)cc(SC)n1. The van der Waals surface area contributed by atoms with Crippen molar-refractivity contribution in [2.24, 2.45) is 12.2 Å². The molecule has 0 saturated heterocycles. The normalized spacial score (nSPS) is 12.0. The molecule has 2 aromatic heterocycles. The molecule has 23 heavy (non-hydrogen) atoms. The number of benzene rings is 1. The first-order valence-electron chi connectivity index (χ1n) is 7.04. The summed E-state index contributed by atoms with van der Waals surface area (Å²) in [6.07, 6.45) is 6.00. The van der Waals surface area contributed by atoms with Gasteiger partial charge in [0, 0.05) is 35.3 Å². The Bertz CT molecular complexity index is 864. The fourth-order valence-electron chi connectivity index (χ4n) is 2.54. The molecule has 0 aliphatic rings. The number of thioether (sulfide) groups is 2. The van der Waals surface area contributed by atoms with E-state index in [-0.39, 0.29) is 0 Å². The van der Waals surface area contributed by atoms with Crippen LogP contribution in [0.25, 0.3) is 10.9 Å². The molecule has 0 radical (unpaired) electrons. The summed E-state index contributed by atoms with van der Waals surface area (Å²) in [6, 6.07) is 12.0.